The van der Waals surface area contributed by atoms with Crippen molar-refractivity contribution in [3.05, 3.63) is 197 Å². The fraction of sp³-hybridized carbons (Fsp3) is 0.167. The molecule has 0 heterocycles. The lowest BCUT2D eigenvalue weighted by Crippen LogP contribution is -2.20. The highest BCUT2D eigenvalue weighted by atomic mass is 15.2. The summed E-state index contributed by atoms with van der Waals surface area (Å²) in [5.74, 6) is 0.484. The van der Waals surface area contributed by atoms with Crippen molar-refractivity contribution >= 4 is 28.4 Å². The summed E-state index contributed by atoms with van der Waals surface area (Å²) in [5.41, 5.74) is 17.2. The van der Waals surface area contributed by atoms with Crippen LogP contribution in [-0.4, -0.2) is 0 Å². The third-order valence-corrected chi connectivity index (χ3v) is 10.3. The van der Waals surface area contributed by atoms with Gasteiger partial charge in [0, 0.05) is 39.5 Å². The van der Waals surface area contributed by atoms with Gasteiger partial charge < -0.3 is 9.80 Å². The van der Waals surface area contributed by atoms with Crippen LogP contribution in [0.2, 0.25) is 0 Å². The summed E-state index contributed by atoms with van der Waals surface area (Å²) in [7, 11) is 0. The van der Waals surface area contributed by atoms with Gasteiger partial charge in [-0.05, 0) is 152 Å². The zero-order valence-corrected chi connectivity index (χ0v) is 29.7. The first-order chi connectivity index (χ1) is 24.3. The van der Waals surface area contributed by atoms with Crippen molar-refractivity contribution in [3.63, 3.8) is 0 Å². The van der Waals surface area contributed by atoms with E-state index in [4.69, 9.17) is 0 Å². The molecule has 0 N–H and O–H groups in total. The maximum Gasteiger partial charge on any atom is 0.0485 e. The Morgan fingerprint density at radius 1 is 0.460 bits per heavy atom. The summed E-state index contributed by atoms with van der Waals surface area (Å²) >= 11 is 0. The highest BCUT2D eigenvalue weighted by Gasteiger charge is 2.53. The number of fused-ring (bicyclic) bond motifs is 1. The fourth-order valence-electron chi connectivity index (χ4n) is 8.01. The van der Waals surface area contributed by atoms with Crippen LogP contribution >= 0.6 is 0 Å². The number of allylic oxidation sites excluding steroid dienone is 3. The van der Waals surface area contributed by atoms with Crippen molar-refractivity contribution in [1.29, 1.82) is 0 Å². The van der Waals surface area contributed by atoms with E-state index in [-0.39, 0.29) is 5.41 Å². The van der Waals surface area contributed by atoms with Crippen molar-refractivity contribution in [2.24, 2.45) is 5.92 Å². The topological polar surface area (TPSA) is 6.48 Å². The Labute approximate surface area is 297 Å². The zero-order chi connectivity index (χ0) is 34.4. The van der Waals surface area contributed by atoms with Crippen LogP contribution < -0.4 is 9.80 Å². The number of anilines is 5. The normalized spacial score (nSPS) is 17.5. The first kappa shape index (κ1) is 31.7. The van der Waals surface area contributed by atoms with Gasteiger partial charge in [-0.1, -0.05) is 97.1 Å². The molecule has 1 saturated carbocycles. The third kappa shape index (κ3) is 6.07. The monoisotopic (exact) mass is 648 g/mol. The molecule has 50 heavy (non-hydrogen) atoms. The number of benzene rings is 6. The van der Waals surface area contributed by atoms with Crippen LogP contribution in [0.4, 0.5) is 28.4 Å². The molecule has 2 aliphatic rings. The molecule has 8 rings (SSSR count). The lowest BCUT2D eigenvalue weighted by molar-refractivity contribution is 0.807. The van der Waals surface area contributed by atoms with Crippen LogP contribution in [0.25, 0.3) is 11.1 Å². The van der Waals surface area contributed by atoms with Crippen LogP contribution in [0.3, 0.4) is 0 Å². The van der Waals surface area contributed by atoms with Gasteiger partial charge in [0.2, 0.25) is 0 Å². The highest BCUT2D eigenvalue weighted by molar-refractivity contribution is 5.83. The molecule has 246 valence electrons. The molecule has 2 heteroatoms. The largest absolute Gasteiger partial charge is 0.311 e. The smallest absolute Gasteiger partial charge is 0.0485 e. The van der Waals surface area contributed by atoms with Gasteiger partial charge in [0.25, 0.3) is 0 Å². The van der Waals surface area contributed by atoms with E-state index in [1.165, 1.54) is 55.9 Å². The Bertz CT molecular complexity index is 2200. The van der Waals surface area contributed by atoms with Crippen molar-refractivity contribution in [1.82, 2.24) is 0 Å². The summed E-state index contributed by atoms with van der Waals surface area (Å²) < 4.78 is 0. The Balaban J connectivity index is 1.26. The third-order valence-electron chi connectivity index (χ3n) is 10.3. The number of hydrogen-bond acceptors (Lipinski definition) is 2. The van der Waals surface area contributed by atoms with Crippen molar-refractivity contribution < 1.29 is 0 Å². The molecule has 6 aromatic rings. The molecule has 0 amide bonds. The number of hydrogen-bond donors (Lipinski definition) is 0. The molecule has 0 aromatic heterocycles. The summed E-state index contributed by atoms with van der Waals surface area (Å²) in [6.45, 7) is 11.0. The van der Waals surface area contributed by atoms with Gasteiger partial charge in [-0.15, -0.1) is 0 Å². The molecular formula is C48H44N2. The number of rotatable bonds is 8. The van der Waals surface area contributed by atoms with Gasteiger partial charge in [0.15, 0.2) is 0 Å². The minimum atomic E-state index is 0.114. The number of aryl methyl sites for hydroxylation is 5. The van der Waals surface area contributed by atoms with Gasteiger partial charge in [-0.3, -0.25) is 0 Å². The van der Waals surface area contributed by atoms with Crippen LogP contribution in [-0.2, 0) is 5.41 Å². The molecule has 0 spiro atoms. The molecule has 2 atom stereocenters. The van der Waals surface area contributed by atoms with Gasteiger partial charge in [-0.2, -0.15) is 0 Å². The molecule has 2 unspecified atom stereocenters. The van der Waals surface area contributed by atoms with Gasteiger partial charge in [-0.25, -0.2) is 0 Å². The van der Waals surface area contributed by atoms with E-state index < -0.39 is 0 Å². The Morgan fingerprint density at radius 3 is 1.48 bits per heavy atom. The summed E-state index contributed by atoms with van der Waals surface area (Å²) in [6, 6.07) is 51.4. The van der Waals surface area contributed by atoms with Crippen molar-refractivity contribution in [2.75, 3.05) is 9.80 Å². The van der Waals surface area contributed by atoms with E-state index in [2.05, 4.69) is 202 Å². The minimum Gasteiger partial charge on any atom is -0.311 e. The molecule has 0 bridgehead atoms. The van der Waals surface area contributed by atoms with Crippen LogP contribution in [0.15, 0.2) is 163 Å². The second kappa shape index (κ2) is 12.7. The van der Waals surface area contributed by atoms with E-state index in [0.717, 1.165) is 29.2 Å². The first-order valence-corrected chi connectivity index (χ1v) is 17.8. The van der Waals surface area contributed by atoms with Crippen LogP contribution in [0, 0.1) is 40.5 Å². The molecule has 6 aromatic carbocycles. The van der Waals surface area contributed by atoms with E-state index in [0.29, 0.717) is 5.92 Å². The fourth-order valence-corrected chi connectivity index (χ4v) is 8.01. The van der Waals surface area contributed by atoms with Crippen LogP contribution in [0.5, 0.6) is 0 Å². The Hall–Kier alpha value is -5.60. The lowest BCUT2D eigenvalue weighted by atomic mass is 9.89. The van der Waals surface area contributed by atoms with Crippen LogP contribution in [0.1, 0.15) is 39.8 Å². The predicted octanol–water partition coefficient (Wildman–Crippen LogP) is 12.9. The van der Waals surface area contributed by atoms with E-state index in [1.54, 1.807) is 0 Å². The quantitative estimate of drug-likeness (QED) is 0.162. The molecular weight excluding hydrogens is 605 g/mol. The Kier molecular flexibility index (Phi) is 8.04. The number of nitrogens with zero attached hydrogens (tertiary/aromatic N) is 2. The minimum absolute atomic E-state index is 0.114. The van der Waals surface area contributed by atoms with E-state index in [1.807, 2.05) is 0 Å². The SMILES string of the molecule is Cc1cc(C)cc(N(C2=CC3CC3(c3ccccc3)C=C2)c2cc(C)cc(N(c3ccc(-c4ccccc4)cc3)c3cc(C)cc(C)c3)c2)c1. The lowest BCUT2D eigenvalue weighted by Gasteiger charge is -2.32. The maximum absolute atomic E-state index is 2.51. The van der Waals surface area contributed by atoms with Crippen molar-refractivity contribution in [2.45, 2.75) is 46.5 Å². The maximum atomic E-state index is 2.51. The standard InChI is InChI=1S/C48H44N2/c1-33-22-34(2)25-44(24-33)49(42-18-16-39(17-19-42)38-12-8-6-9-13-38)46-28-37(5)29-47(31-46)50(45-26-35(3)23-36(4)27-45)43-20-21-48(32-41(48)30-43)40-14-10-7-11-15-40/h6-31,41H,32H2,1-5H3. The van der Waals surface area contributed by atoms with Gasteiger partial charge in [0.1, 0.15) is 0 Å². The summed E-state index contributed by atoms with van der Waals surface area (Å²) in [4.78, 5) is 4.88. The summed E-state index contributed by atoms with van der Waals surface area (Å²) in [5, 5.41) is 0. The van der Waals surface area contributed by atoms with E-state index in [9.17, 15) is 0 Å². The van der Waals surface area contributed by atoms with Gasteiger partial charge in [0.05, 0.1) is 0 Å². The molecule has 2 aliphatic carbocycles. The average Bonchev–Trinajstić information content (AvgIpc) is 3.84. The second-order valence-corrected chi connectivity index (χ2v) is 14.4. The van der Waals surface area contributed by atoms with Gasteiger partial charge >= 0.3 is 0 Å². The first-order valence-electron chi connectivity index (χ1n) is 17.8. The second-order valence-electron chi connectivity index (χ2n) is 14.4. The zero-order valence-electron chi connectivity index (χ0n) is 29.7. The molecule has 0 aliphatic heterocycles. The molecule has 1 fully saturated rings. The van der Waals surface area contributed by atoms with E-state index >= 15 is 0 Å². The molecule has 0 radical (unpaired) electrons. The Morgan fingerprint density at radius 2 is 0.920 bits per heavy atom. The molecule has 2 nitrogen and oxygen atoms in total. The molecule has 0 saturated heterocycles. The highest BCUT2D eigenvalue weighted by Crippen LogP contribution is 2.59. The van der Waals surface area contributed by atoms with Crippen molar-refractivity contribution in [3.8, 4) is 11.1 Å². The predicted molar refractivity (Wildman–Crippen MR) is 212 cm³/mol. The average molecular weight is 649 g/mol. The summed E-state index contributed by atoms with van der Waals surface area (Å²) in [6.07, 6.45) is 8.48.